The molecule has 4 nitrogen and oxygen atoms in total. The molecular formula is C13H12N4S. The molecule has 3 rings (SSSR count). The number of rotatable bonds is 4. The first kappa shape index (κ1) is 11.3. The molecule has 0 amide bonds. The summed E-state index contributed by atoms with van der Waals surface area (Å²) in [5, 5.41) is 10.5. The molecule has 0 saturated carbocycles. The standard InChI is InChI=1S/C13H12N4S/c1-3-10-5-2-6-15-13(10)11(4-1)7-14-8-12-9-18-17-16-12/h1-6,9,14H,7-8H2. The van der Waals surface area contributed by atoms with Crippen molar-refractivity contribution in [2.75, 3.05) is 0 Å². The lowest BCUT2D eigenvalue weighted by atomic mass is 10.1. The first-order valence-electron chi connectivity index (χ1n) is 5.73. The summed E-state index contributed by atoms with van der Waals surface area (Å²) in [6, 6.07) is 10.3. The van der Waals surface area contributed by atoms with E-state index in [1.165, 1.54) is 22.5 Å². The van der Waals surface area contributed by atoms with E-state index in [-0.39, 0.29) is 0 Å². The van der Waals surface area contributed by atoms with E-state index in [0.29, 0.717) is 0 Å². The molecule has 0 atom stereocenters. The van der Waals surface area contributed by atoms with Crippen LogP contribution in [-0.4, -0.2) is 14.6 Å². The minimum atomic E-state index is 0.736. The Bertz CT molecular complexity index is 631. The summed E-state index contributed by atoms with van der Waals surface area (Å²) in [5.41, 5.74) is 3.24. The molecule has 2 aromatic heterocycles. The normalized spacial score (nSPS) is 10.9. The summed E-state index contributed by atoms with van der Waals surface area (Å²) in [6.45, 7) is 1.52. The molecule has 2 heterocycles. The van der Waals surface area contributed by atoms with Gasteiger partial charge in [0.25, 0.3) is 0 Å². The average molecular weight is 256 g/mol. The van der Waals surface area contributed by atoms with Crippen LogP contribution in [0.5, 0.6) is 0 Å². The Morgan fingerprint density at radius 3 is 2.94 bits per heavy atom. The zero-order chi connectivity index (χ0) is 12.2. The number of fused-ring (bicyclic) bond motifs is 1. The van der Waals surface area contributed by atoms with E-state index in [2.05, 4.69) is 44.2 Å². The Morgan fingerprint density at radius 1 is 1.11 bits per heavy atom. The molecule has 1 aromatic carbocycles. The van der Waals surface area contributed by atoms with Crippen molar-refractivity contribution in [3.05, 3.63) is 53.2 Å². The third-order valence-corrected chi connectivity index (χ3v) is 3.30. The summed E-state index contributed by atoms with van der Waals surface area (Å²) in [4.78, 5) is 4.43. The highest BCUT2D eigenvalue weighted by Crippen LogP contribution is 2.15. The van der Waals surface area contributed by atoms with Crippen molar-refractivity contribution in [3.63, 3.8) is 0 Å². The Balaban J connectivity index is 1.74. The predicted octanol–water partition coefficient (Wildman–Crippen LogP) is 2.38. The van der Waals surface area contributed by atoms with Crippen LogP contribution in [-0.2, 0) is 13.1 Å². The zero-order valence-electron chi connectivity index (χ0n) is 9.71. The second-order valence-electron chi connectivity index (χ2n) is 3.99. The van der Waals surface area contributed by atoms with Gasteiger partial charge in [-0.3, -0.25) is 4.98 Å². The maximum absolute atomic E-state index is 4.43. The third-order valence-electron chi connectivity index (χ3n) is 2.74. The number of nitrogens with one attached hydrogen (secondary N) is 1. The SMILES string of the molecule is c1cnc2c(CNCc3csnn3)cccc2c1. The minimum Gasteiger partial charge on any atom is -0.307 e. The van der Waals surface area contributed by atoms with Crippen LogP contribution < -0.4 is 5.32 Å². The monoisotopic (exact) mass is 256 g/mol. The fraction of sp³-hybridized carbons (Fsp3) is 0.154. The lowest BCUT2D eigenvalue weighted by Crippen LogP contribution is -2.13. The van der Waals surface area contributed by atoms with Crippen molar-refractivity contribution in [1.82, 2.24) is 19.9 Å². The van der Waals surface area contributed by atoms with E-state index in [4.69, 9.17) is 0 Å². The van der Waals surface area contributed by atoms with E-state index in [1.54, 1.807) is 0 Å². The van der Waals surface area contributed by atoms with Crippen molar-refractivity contribution in [3.8, 4) is 0 Å². The molecule has 3 aromatic rings. The van der Waals surface area contributed by atoms with E-state index >= 15 is 0 Å². The number of aromatic nitrogens is 3. The van der Waals surface area contributed by atoms with Gasteiger partial charge in [-0.1, -0.05) is 28.8 Å². The number of hydrogen-bond donors (Lipinski definition) is 1. The van der Waals surface area contributed by atoms with E-state index in [1.807, 2.05) is 17.6 Å². The predicted molar refractivity (Wildman–Crippen MR) is 72.2 cm³/mol. The van der Waals surface area contributed by atoms with Gasteiger partial charge in [-0.2, -0.15) is 0 Å². The second-order valence-corrected chi connectivity index (χ2v) is 4.60. The highest BCUT2D eigenvalue weighted by molar-refractivity contribution is 7.03. The van der Waals surface area contributed by atoms with Gasteiger partial charge in [0.15, 0.2) is 0 Å². The van der Waals surface area contributed by atoms with Crippen LogP contribution in [0, 0.1) is 0 Å². The smallest absolute Gasteiger partial charge is 0.0893 e. The summed E-state index contributed by atoms with van der Waals surface area (Å²) in [5.74, 6) is 0. The molecule has 0 aliphatic rings. The van der Waals surface area contributed by atoms with E-state index < -0.39 is 0 Å². The first-order chi connectivity index (χ1) is 8.93. The maximum Gasteiger partial charge on any atom is 0.0893 e. The quantitative estimate of drug-likeness (QED) is 0.778. The van der Waals surface area contributed by atoms with Crippen LogP contribution in [0.25, 0.3) is 10.9 Å². The number of pyridine rings is 1. The fourth-order valence-electron chi connectivity index (χ4n) is 1.90. The molecule has 0 aliphatic carbocycles. The van der Waals surface area contributed by atoms with Crippen LogP contribution in [0.2, 0.25) is 0 Å². The molecule has 0 bridgehead atoms. The van der Waals surface area contributed by atoms with Gasteiger partial charge in [0.05, 0.1) is 11.2 Å². The Kier molecular flexibility index (Phi) is 3.25. The number of hydrogen-bond acceptors (Lipinski definition) is 5. The molecule has 90 valence electrons. The van der Waals surface area contributed by atoms with Crippen LogP contribution in [0.4, 0.5) is 0 Å². The van der Waals surface area contributed by atoms with Gasteiger partial charge in [0.1, 0.15) is 0 Å². The summed E-state index contributed by atoms with van der Waals surface area (Å²) in [7, 11) is 0. The molecule has 0 unspecified atom stereocenters. The summed E-state index contributed by atoms with van der Waals surface area (Å²) < 4.78 is 3.84. The van der Waals surface area contributed by atoms with Gasteiger partial charge < -0.3 is 5.32 Å². The zero-order valence-corrected chi connectivity index (χ0v) is 10.5. The average Bonchev–Trinajstić information content (AvgIpc) is 2.92. The highest BCUT2D eigenvalue weighted by Gasteiger charge is 2.02. The van der Waals surface area contributed by atoms with E-state index in [9.17, 15) is 0 Å². The third kappa shape index (κ3) is 2.37. The van der Waals surface area contributed by atoms with Crippen molar-refractivity contribution in [2.24, 2.45) is 0 Å². The van der Waals surface area contributed by atoms with Gasteiger partial charge in [-0.15, -0.1) is 5.10 Å². The summed E-state index contributed by atoms with van der Waals surface area (Å²) in [6.07, 6.45) is 1.83. The molecule has 0 aliphatic heterocycles. The number of benzene rings is 1. The molecule has 18 heavy (non-hydrogen) atoms. The molecular weight excluding hydrogens is 244 g/mol. The highest BCUT2D eigenvalue weighted by atomic mass is 32.1. The molecule has 1 N–H and O–H groups in total. The number of nitrogens with zero attached hydrogens (tertiary/aromatic N) is 3. The Morgan fingerprint density at radius 2 is 2.06 bits per heavy atom. The van der Waals surface area contributed by atoms with Crippen molar-refractivity contribution in [1.29, 1.82) is 0 Å². The topological polar surface area (TPSA) is 50.7 Å². The molecule has 0 saturated heterocycles. The van der Waals surface area contributed by atoms with Gasteiger partial charge in [-0.05, 0) is 23.2 Å². The molecule has 0 spiro atoms. The lowest BCUT2D eigenvalue weighted by Gasteiger charge is -2.06. The maximum atomic E-state index is 4.43. The van der Waals surface area contributed by atoms with Crippen LogP contribution in [0.1, 0.15) is 11.3 Å². The molecule has 0 fully saturated rings. The summed E-state index contributed by atoms with van der Waals surface area (Å²) >= 11 is 1.37. The van der Waals surface area contributed by atoms with Crippen LogP contribution in [0.3, 0.4) is 0 Å². The van der Waals surface area contributed by atoms with Gasteiger partial charge in [0, 0.05) is 30.1 Å². The Hall–Kier alpha value is -1.85. The van der Waals surface area contributed by atoms with Gasteiger partial charge in [-0.25, -0.2) is 0 Å². The van der Waals surface area contributed by atoms with Crippen LogP contribution >= 0.6 is 11.5 Å². The largest absolute Gasteiger partial charge is 0.307 e. The van der Waals surface area contributed by atoms with E-state index in [0.717, 1.165) is 24.3 Å². The van der Waals surface area contributed by atoms with Crippen molar-refractivity contribution < 1.29 is 0 Å². The number of para-hydroxylation sites is 1. The fourth-order valence-corrected chi connectivity index (χ4v) is 2.35. The van der Waals surface area contributed by atoms with Crippen molar-refractivity contribution in [2.45, 2.75) is 13.1 Å². The first-order valence-corrected chi connectivity index (χ1v) is 6.56. The lowest BCUT2D eigenvalue weighted by molar-refractivity contribution is 0.679. The van der Waals surface area contributed by atoms with Gasteiger partial charge >= 0.3 is 0 Å². The Labute approximate surface area is 109 Å². The minimum absolute atomic E-state index is 0.736. The second kappa shape index (κ2) is 5.20. The van der Waals surface area contributed by atoms with Gasteiger partial charge in [0.2, 0.25) is 0 Å². The van der Waals surface area contributed by atoms with Crippen LogP contribution in [0.15, 0.2) is 41.9 Å². The van der Waals surface area contributed by atoms with Crippen molar-refractivity contribution >= 4 is 22.4 Å². The molecule has 5 heteroatoms. The molecule has 0 radical (unpaired) electrons.